The van der Waals surface area contributed by atoms with Gasteiger partial charge in [0.1, 0.15) is 5.82 Å². The predicted octanol–water partition coefficient (Wildman–Crippen LogP) is 5.61. The highest BCUT2D eigenvalue weighted by Crippen LogP contribution is 2.35. The van der Waals surface area contributed by atoms with Gasteiger partial charge in [-0.15, -0.1) is 0 Å². The summed E-state index contributed by atoms with van der Waals surface area (Å²) in [5, 5.41) is 0.665. The zero-order valence-electron chi connectivity index (χ0n) is 21.8. The fourth-order valence-corrected chi connectivity index (χ4v) is 6.36. The molecule has 6 nitrogen and oxygen atoms in total. The number of nitrogens with zero attached hydrogens (tertiary/aromatic N) is 4. The summed E-state index contributed by atoms with van der Waals surface area (Å²) in [6.45, 7) is 5.26. The van der Waals surface area contributed by atoms with Crippen LogP contribution in [0, 0.1) is 18.8 Å². The summed E-state index contributed by atoms with van der Waals surface area (Å²) < 4.78 is 43.9. The number of hydrogen-bond acceptors (Lipinski definition) is 5. The maximum absolute atomic E-state index is 15.3. The van der Waals surface area contributed by atoms with Gasteiger partial charge in [-0.25, -0.2) is 21.8 Å². The second kappa shape index (κ2) is 9.94. The van der Waals surface area contributed by atoms with Gasteiger partial charge in [-0.1, -0.05) is 48.0 Å². The fraction of sp³-hybridized carbons (Fsp3) is 0.194. The summed E-state index contributed by atoms with van der Waals surface area (Å²) in [6.07, 6.45) is 3.22. The fourth-order valence-electron chi connectivity index (χ4n) is 5.03. The van der Waals surface area contributed by atoms with E-state index in [1.165, 1.54) is 10.0 Å². The van der Waals surface area contributed by atoms with Gasteiger partial charge in [0, 0.05) is 55.1 Å². The van der Waals surface area contributed by atoms with Crippen LogP contribution in [-0.2, 0) is 10.0 Å². The Kier molecular flexibility index (Phi) is 6.45. The van der Waals surface area contributed by atoms with Crippen molar-refractivity contribution in [2.45, 2.75) is 11.8 Å². The molecule has 0 aliphatic carbocycles. The SMILES string of the molecule is Cc1ccc(S(=O)(=O)n2cc(-c3cc[c]cc3)c3cc(-c4ccc(N5CCN(C)CC5)c(F)c4)cnc32)cc1. The minimum absolute atomic E-state index is 0.186. The quantitative estimate of drug-likeness (QED) is 0.291. The zero-order chi connectivity index (χ0) is 27.1. The van der Waals surface area contributed by atoms with E-state index in [1.807, 2.05) is 37.3 Å². The maximum atomic E-state index is 15.3. The minimum atomic E-state index is -3.90. The average molecular weight is 540 g/mol. The Balaban J connectivity index is 1.46. The lowest BCUT2D eigenvalue weighted by Crippen LogP contribution is -2.44. The lowest BCUT2D eigenvalue weighted by molar-refractivity contribution is 0.311. The molecule has 0 atom stereocenters. The first-order chi connectivity index (χ1) is 18.8. The molecule has 1 radical (unpaired) electrons. The molecule has 0 N–H and O–H groups in total. The number of anilines is 1. The minimum Gasteiger partial charge on any atom is -0.367 e. The monoisotopic (exact) mass is 539 g/mol. The molecule has 0 bridgehead atoms. The van der Waals surface area contributed by atoms with Crippen LogP contribution in [0.3, 0.4) is 0 Å². The van der Waals surface area contributed by atoms with E-state index in [9.17, 15) is 8.42 Å². The van der Waals surface area contributed by atoms with Crippen LogP contribution in [0.15, 0.2) is 90.1 Å². The van der Waals surface area contributed by atoms with Crippen molar-refractivity contribution >= 4 is 26.7 Å². The van der Waals surface area contributed by atoms with Gasteiger partial charge >= 0.3 is 0 Å². The van der Waals surface area contributed by atoms with Gasteiger partial charge in [-0.3, -0.25) is 0 Å². The number of rotatable bonds is 5. The van der Waals surface area contributed by atoms with E-state index in [2.05, 4.69) is 27.9 Å². The summed E-state index contributed by atoms with van der Waals surface area (Å²) >= 11 is 0. The molecule has 2 aromatic heterocycles. The molecule has 3 heterocycles. The van der Waals surface area contributed by atoms with Crippen molar-refractivity contribution in [3.05, 3.63) is 103 Å². The molecule has 8 heteroatoms. The van der Waals surface area contributed by atoms with Gasteiger partial charge in [0.15, 0.2) is 5.65 Å². The summed E-state index contributed by atoms with van der Waals surface area (Å²) in [6, 6.07) is 24.3. The van der Waals surface area contributed by atoms with Gasteiger partial charge in [0.2, 0.25) is 0 Å². The van der Waals surface area contributed by atoms with Gasteiger partial charge < -0.3 is 9.80 Å². The number of fused-ring (bicyclic) bond motifs is 1. The van der Waals surface area contributed by atoms with E-state index >= 15 is 4.39 Å². The second-order valence-corrected chi connectivity index (χ2v) is 11.8. The van der Waals surface area contributed by atoms with Crippen LogP contribution < -0.4 is 4.90 Å². The highest BCUT2D eigenvalue weighted by atomic mass is 32.2. The third-order valence-corrected chi connectivity index (χ3v) is 9.01. The Morgan fingerprint density at radius 3 is 2.28 bits per heavy atom. The first-order valence-electron chi connectivity index (χ1n) is 12.8. The van der Waals surface area contributed by atoms with E-state index < -0.39 is 10.0 Å². The smallest absolute Gasteiger partial charge is 0.269 e. The highest BCUT2D eigenvalue weighted by molar-refractivity contribution is 7.90. The van der Waals surface area contributed by atoms with Crippen LogP contribution in [0.5, 0.6) is 0 Å². The number of hydrogen-bond donors (Lipinski definition) is 0. The Hall–Kier alpha value is -4.01. The first kappa shape index (κ1) is 25.3. The zero-order valence-corrected chi connectivity index (χ0v) is 22.6. The molecule has 6 rings (SSSR count). The summed E-state index contributed by atoms with van der Waals surface area (Å²) in [7, 11) is -1.83. The van der Waals surface area contributed by atoms with E-state index in [4.69, 9.17) is 0 Å². The maximum Gasteiger partial charge on any atom is 0.269 e. The standard InChI is InChI=1S/C31H28FN4O2S/c1-22-8-11-26(12-9-22)39(37,38)36-21-28(23-6-4-3-5-7-23)27-18-25(20-33-31(27)36)24-10-13-30(29(32)19-24)35-16-14-34(2)15-17-35/h4-13,18-21H,14-17H2,1-2H3. The number of benzene rings is 3. The topological polar surface area (TPSA) is 58.4 Å². The van der Waals surface area contributed by atoms with E-state index in [0.29, 0.717) is 27.8 Å². The Morgan fingerprint density at radius 1 is 0.872 bits per heavy atom. The molecule has 1 aliphatic rings. The van der Waals surface area contributed by atoms with Crippen LogP contribution >= 0.6 is 0 Å². The number of likely N-dealkylation sites (N-methyl/N-ethyl adjacent to an activating group) is 1. The molecule has 0 amide bonds. The molecule has 1 saturated heterocycles. The van der Waals surface area contributed by atoms with Crippen LogP contribution in [-0.4, -0.2) is 55.5 Å². The van der Waals surface area contributed by atoms with Crippen molar-refractivity contribution < 1.29 is 12.8 Å². The lowest BCUT2D eigenvalue weighted by Gasteiger charge is -2.34. The number of aryl methyl sites for hydroxylation is 1. The molecule has 0 saturated carbocycles. The first-order valence-corrected chi connectivity index (χ1v) is 14.3. The molecule has 0 unspecified atom stereocenters. The van der Waals surface area contributed by atoms with Crippen LogP contribution in [0.4, 0.5) is 10.1 Å². The molecule has 0 spiro atoms. The third-order valence-electron chi connectivity index (χ3n) is 7.34. The second-order valence-electron chi connectivity index (χ2n) is 10.00. The summed E-state index contributed by atoms with van der Waals surface area (Å²) in [4.78, 5) is 9.09. The third kappa shape index (κ3) is 4.70. The van der Waals surface area contributed by atoms with E-state index in [0.717, 1.165) is 42.9 Å². The number of halogens is 1. The highest BCUT2D eigenvalue weighted by Gasteiger charge is 2.24. The Bertz CT molecular complexity index is 1760. The molecule has 5 aromatic rings. The van der Waals surface area contributed by atoms with Crippen molar-refractivity contribution in [2.24, 2.45) is 0 Å². The van der Waals surface area contributed by atoms with Gasteiger partial charge in [0.05, 0.1) is 10.6 Å². The lowest BCUT2D eigenvalue weighted by atomic mass is 10.0. The Labute approximate surface area is 228 Å². The van der Waals surface area contributed by atoms with Crippen LogP contribution in [0.25, 0.3) is 33.3 Å². The van der Waals surface area contributed by atoms with Crippen molar-refractivity contribution in [3.8, 4) is 22.3 Å². The number of aromatic nitrogens is 2. The largest absolute Gasteiger partial charge is 0.367 e. The molecular weight excluding hydrogens is 511 g/mol. The van der Waals surface area contributed by atoms with Gasteiger partial charge in [0.25, 0.3) is 10.0 Å². The number of pyridine rings is 1. The van der Waals surface area contributed by atoms with Crippen molar-refractivity contribution in [1.29, 1.82) is 0 Å². The average Bonchev–Trinajstić information content (AvgIpc) is 3.34. The van der Waals surface area contributed by atoms with E-state index in [1.54, 1.807) is 48.8 Å². The van der Waals surface area contributed by atoms with Crippen molar-refractivity contribution in [3.63, 3.8) is 0 Å². The molecule has 1 fully saturated rings. The van der Waals surface area contributed by atoms with Gasteiger partial charge in [-0.2, -0.15) is 0 Å². The number of piperazine rings is 1. The van der Waals surface area contributed by atoms with Crippen LogP contribution in [0.2, 0.25) is 0 Å². The van der Waals surface area contributed by atoms with Gasteiger partial charge in [-0.05, 0) is 61.5 Å². The predicted molar refractivity (Wildman–Crippen MR) is 153 cm³/mol. The normalized spacial score (nSPS) is 14.7. The van der Waals surface area contributed by atoms with Crippen molar-refractivity contribution in [1.82, 2.24) is 13.9 Å². The van der Waals surface area contributed by atoms with E-state index in [-0.39, 0.29) is 10.7 Å². The van der Waals surface area contributed by atoms with Crippen LogP contribution in [0.1, 0.15) is 5.56 Å². The molecule has 39 heavy (non-hydrogen) atoms. The van der Waals surface area contributed by atoms with Crippen molar-refractivity contribution in [2.75, 3.05) is 38.1 Å². The molecule has 3 aromatic carbocycles. The Morgan fingerprint density at radius 2 is 1.59 bits per heavy atom. The molecular formula is C31H28FN4O2S. The molecule has 1 aliphatic heterocycles. The summed E-state index contributed by atoms with van der Waals surface area (Å²) in [5.74, 6) is -0.282. The molecule has 197 valence electrons. The summed E-state index contributed by atoms with van der Waals surface area (Å²) in [5.41, 5.74) is 4.84.